The van der Waals surface area contributed by atoms with Crippen LogP contribution in [0.5, 0.6) is 0 Å². The van der Waals surface area contributed by atoms with Gasteiger partial charge in [-0.15, -0.1) is 0 Å². The number of ether oxygens (including phenoxy) is 1. The SMILES string of the molecule is CC(C)NCCCOCCCNC(C)(C)C. The van der Waals surface area contributed by atoms with Gasteiger partial charge in [0, 0.05) is 24.8 Å². The van der Waals surface area contributed by atoms with E-state index in [1.54, 1.807) is 0 Å². The highest BCUT2D eigenvalue weighted by molar-refractivity contribution is 4.69. The quantitative estimate of drug-likeness (QED) is 0.596. The minimum absolute atomic E-state index is 0.223. The summed E-state index contributed by atoms with van der Waals surface area (Å²) in [7, 11) is 0. The highest BCUT2D eigenvalue weighted by atomic mass is 16.5. The van der Waals surface area contributed by atoms with Crippen molar-refractivity contribution in [1.82, 2.24) is 10.6 Å². The van der Waals surface area contributed by atoms with Crippen LogP contribution in [0.1, 0.15) is 47.5 Å². The molecule has 0 fully saturated rings. The van der Waals surface area contributed by atoms with Crippen molar-refractivity contribution in [1.29, 1.82) is 0 Å². The van der Waals surface area contributed by atoms with E-state index in [2.05, 4.69) is 45.3 Å². The molecule has 3 nitrogen and oxygen atoms in total. The van der Waals surface area contributed by atoms with Gasteiger partial charge in [-0.1, -0.05) is 13.8 Å². The molecule has 0 bridgehead atoms. The first kappa shape index (κ1) is 15.9. The molecule has 0 atom stereocenters. The molecule has 16 heavy (non-hydrogen) atoms. The fraction of sp³-hybridized carbons (Fsp3) is 1.00. The van der Waals surface area contributed by atoms with E-state index in [-0.39, 0.29) is 5.54 Å². The third kappa shape index (κ3) is 13.9. The van der Waals surface area contributed by atoms with Gasteiger partial charge in [0.15, 0.2) is 0 Å². The third-order valence-electron chi connectivity index (χ3n) is 2.14. The van der Waals surface area contributed by atoms with Crippen LogP contribution in [0.3, 0.4) is 0 Å². The lowest BCUT2D eigenvalue weighted by Gasteiger charge is -2.20. The average molecular weight is 230 g/mol. The summed E-state index contributed by atoms with van der Waals surface area (Å²) >= 11 is 0. The molecule has 0 saturated heterocycles. The monoisotopic (exact) mass is 230 g/mol. The summed E-state index contributed by atoms with van der Waals surface area (Å²) in [5.41, 5.74) is 0.223. The molecular weight excluding hydrogens is 200 g/mol. The van der Waals surface area contributed by atoms with E-state index in [0.717, 1.165) is 39.1 Å². The van der Waals surface area contributed by atoms with Crippen molar-refractivity contribution in [3.05, 3.63) is 0 Å². The lowest BCUT2D eigenvalue weighted by molar-refractivity contribution is 0.127. The predicted molar refractivity (Wildman–Crippen MR) is 70.9 cm³/mol. The van der Waals surface area contributed by atoms with Crippen LogP contribution in [0.2, 0.25) is 0 Å². The lowest BCUT2D eigenvalue weighted by Crippen LogP contribution is -2.36. The highest BCUT2D eigenvalue weighted by Crippen LogP contribution is 1.97. The largest absolute Gasteiger partial charge is 0.381 e. The van der Waals surface area contributed by atoms with Crippen LogP contribution in [0.25, 0.3) is 0 Å². The maximum absolute atomic E-state index is 5.55. The number of hydrogen-bond donors (Lipinski definition) is 2. The zero-order valence-electron chi connectivity index (χ0n) is 11.7. The fourth-order valence-corrected chi connectivity index (χ4v) is 1.30. The molecule has 0 aromatic heterocycles. The second-order valence-corrected chi connectivity index (χ2v) is 5.61. The molecule has 2 N–H and O–H groups in total. The maximum atomic E-state index is 5.55. The van der Waals surface area contributed by atoms with Crippen molar-refractivity contribution in [3.63, 3.8) is 0 Å². The Morgan fingerprint density at radius 3 is 2.06 bits per heavy atom. The Morgan fingerprint density at radius 1 is 1.00 bits per heavy atom. The molecule has 3 heteroatoms. The van der Waals surface area contributed by atoms with Crippen LogP contribution in [-0.2, 0) is 4.74 Å². The van der Waals surface area contributed by atoms with Gasteiger partial charge < -0.3 is 15.4 Å². The molecule has 0 aliphatic carbocycles. The Hall–Kier alpha value is -0.120. The molecule has 0 amide bonds. The zero-order chi connectivity index (χ0) is 12.4. The van der Waals surface area contributed by atoms with Gasteiger partial charge in [0.05, 0.1) is 0 Å². The third-order valence-corrected chi connectivity index (χ3v) is 2.14. The van der Waals surface area contributed by atoms with Crippen LogP contribution in [-0.4, -0.2) is 37.9 Å². The van der Waals surface area contributed by atoms with E-state index in [1.807, 2.05) is 0 Å². The molecule has 0 aromatic rings. The number of nitrogens with one attached hydrogen (secondary N) is 2. The smallest absolute Gasteiger partial charge is 0.0478 e. The van der Waals surface area contributed by atoms with Gasteiger partial charge in [-0.25, -0.2) is 0 Å². The Balaban J connectivity index is 3.05. The predicted octanol–water partition coefficient (Wildman–Crippen LogP) is 2.17. The van der Waals surface area contributed by atoms with Gasteiger partial charge in [-0.05, 0) is 46.7 Å². The Labute approximate surface area is 101 Å². The Kier molecular flexibility index (Phi) is 8.90. The summed E-state index contributed by atoms with van der Waals surface area (Å²) < 4.78 is 5.55. The van der Waals surface area contributed by atoms with Gasteiger partial charge in [0.25, 0.3) is 0 Å². The summed E-state index contributed by atoms with van der Waals surface area (Å²) in [6, 6.07) is 0.580. The molecule has 0 saturated carbocycles. The summed E-state index contributed by atoms with van der Waals surface area (Å²) in [4.78, 5) is 0. The van der Waals surface area contributed by atoms with E-state index in [1.165, 1.54) is 0 Å². The van der Waals surface area contributed by atoms with E-state index in [4.69, 9.17) is 4.74 Å². The summed E-state index contributed by atoms with van der Waals surface area (Å²) in [5, 5.41) is 6.82. The topological polar surface area (TPSA) is 33.3 Å². The van der Waals surface area contributed by atoms with Crippen LogP contribution in [0, 0.1) is 0 Å². The summed E-state index contributed by atoms with van der Waals surface area (Å²) in [5.74, 6) is 0. The van der Waals surface area contributed by atoms with Gasteiger partial charge in [0.2, 0.25) is 0 Å². The molecule has 0 aliphatic heterocycles. The van der Waals surface area contributed by atoms with Gasteiger partial charge in [0.1, 0.15) is 0 Å². The van der Waals surface area contributed by atoms with Crippen molar-refractivity contribution >= 4 is 0 Å². The normalized spacial score (nSPS) is 12.4. The van der Waals surface area contributed by atoms with Crippen LogP contribution < -0.4 is 10.6 Å². The molecule has 0 aromatic carbocycles. The van der Waals surface area contributed by atoms with Gasteiger partial charge >= 0.3 is 0 Å². The molecule has 0 rings (SSSR count). The summed E-state index contributed by atoms with van der Waals surface area (Å²) in [6.07, 6.45) is 2.19. The first-order valence-electron chi connectivity index (χ1n) is 6.48. The molecule has 98 valence electrons. The van der Waals surface area contributed by atoms with Crippen LogP contribution >= 0.6 is 0 Å². The van der Waals surface area contributed by atoms with Crippen LogP contribution in [0.15, 0.2) is 0 Å². The highest BCUT2D eigenvalue weighted by Gasteiger charge is 2.06. The second-order valence-electron chi connectivity index (χ2n) is 5.61. The Bertz CT molecular complexity index is 153. The molecule has 0 heterocycles. The minimum Gasteiger partial charge on any atom is -0.381 e. The minimum atomic E-state index is 0.223. The van der Waals surface area contributed by atoms with Crippen LogP contribution in [0.4, 0.5) is 0 Å². The number of rotatable bonds is 9. The average Bonchev–Trinajstić information content (AvgIpc) is 2.13. The standard InChI is InChI=1S/C13H30N2O/c1-12(2)14-8-6-10-16-11-7-9-15-13(3,4)5/h12,14-15H,6-11H2,1-5H3. The molecule has 0 aliphatic rings. The zero-order valence-corrected chi connectivity index (χ0v) is 11.7. The van der Waals surface area contributed by atoms with Crippen molar-refractivity contribution in [3.8, 4) is 0 Å². The van der Waals surface area contributed by atoms with Crippen molar-refractivity contribution in [2.24, 2.45) is 0 Å². The first-order chi connectivity index (χ1) is 7.42. The van der Waals surface area contributed by atoms with E-state index >= 15 is 0 Å². The lowest BCUT2D eigenvalue weighted by atomic mass is 10.1. The van der Waals surface area contributed by atoms with Crippen molar-refractivity contribution in [2.75, 3.05) is 26.3 Å². The Morgan fingerprint density at radius 2 is 1.56 bits per heavy atom. The molecular formula is C13H30N2O. The number of hydrogen-bond acceptors (Lipinski definition) is 3. The van der Waals surface area contributed by atoms with Gasteiger partial charge in [-0.3, -0.25) is 0 Å². The fourth-order valence-electron chi connectivity index (χ4n) is 1.30. The summed E-state index contributed by atoms with van der Waals surface area (Å²) in [6.45, 7) is 14.7. The second kappa shape index (κ2) is 8.97. The van der Waals surface area contributed by atoms with Crippen molar-refractivity contribution in [2.45, 2.75) is 59.0 Å². The molecule has 0 radical (unpaired) electrons. The maximum Gasteiger partial charge on any atom is 0.0478 e. The molecule has 0 spiro atoms. The van der Waals surface area contributed by atoms with Crippen molar-refractivity contribution < 1.29 is 4.74 Å². The van der Waals surface area contributed by atoms with Gasteiger partial charge in [-0.2, -0.15) is 0 Å². The molecule has 0 unspecified atom stereocenters. The first-order valence-corrected chi connectivity index (χ1v) is 6.48. The van der Waals surface area contributed by atoms with E-state index in [0.29, 0.717) is 6.04 Å². The van der Waals surface area contributed by atoms with E-state index < -0.39 is 0 Å². The van der Waals surface area contributed by atoms with E-state index in [9.17, 15) is 0 Å².